The summed E-state index contributed by atoms with van der Waals surface area (Å²) in [6.45, 7) is 2.62. The van der Waals surface area contributed by atoms with E-state index in [1.807, 2.05) is 6.07 Å². The quantitative estimate of drug-likeness (QED) is 0.354. The predicted octanol–water partition coefficient (Wildman–Crippen LogP) is 4.22. The molecule has 2 aromatic rings. The number of ether oxygens (including phenoxy) is 1. The number of nitrogens with two attached hydrogens (primary N) is 1. The molecular weight excluding hydrogens is 392 g/mol. The zero-order chi connectivity index (χ0) is 21.0. The molecule has 1 fully saturated rings. The second-order valence-electron chi connectivity index (χ2n) is 7.58. The third-order valence-electron chi connectivity index (χ3n) is 5.55. The van der Waals surface area contributed by atoms with Crippen LogP contribution in [0.1, 0.15) is 41.6 Å². The van der Waals surface area contributed by atoms with Crippen LogP contribution < -0.4 is 10.5 Å². The van der Waals surface area contributed by atoms with Gasteiger partial charge in [0.2, 0.25) is 0 Å². The van der Waals surface area contributed by atoms with Gasteiger partial charge in [0.05, 0.1) is 23.4 Å². The minimum atomic E-state index is -0.101. The fraction of sp³-hybridized carbons (Fsp3) is 0.409. The number of Topliss-reactive ketones (excluding diaryl/α,β-unsaturated/α-hetero) is 1. The zero-order valence-corrected chi connectivity index (χ0v) is 17.3. The van der Waals surface area contributed by atoms with Gasteiger partial charge in [0, 0.05) is 19.0 Å². The third-order valence-corrected chi connectivity index (χ3v) is 5.88. The second kappa shape index (κ2) is 9.37. The lowest BCUT2D eigenvalue weighted by Gasteiger charge is -2.32. The fourth-order valence-corrected chi connectivity index (χ4v) is 3.95. The van der Waals surface area contributed by atoms with E-state index in [4.69, 9.17) is 22.1 Å². The molecule has 4 N–H and O–H groups in total. The predicted molar refractivity (Wildman–Crippen MR) is 114 cm³/mol. The number of phenols is 2. The summed E-state index contributed by atoms with van der Waals surface area (Å²) in [5.41, 5.74) is 7.64. The topological polar surface area (TPSA) is 96.0 Å². The summed E-state index contributed by atoms with van der Waals surface area (Å²) in [6, 6.07) is 8.12. The smallest absolute Gasteiger partial charge is 0.166 e. The number of benzene rings is 2. The number of carbonyl (C=O) groups is 1. The van der Waals surface area contributed by atoms with Crippen molar-refractivity contribution in [1.82, 2.24) is 4.90 Å². The monoisotopic (exact) mass is 418 g/mol. The molecule has 6 nitrogen and oxygen atoms in total. The molecule has 0 amide bonds. The van der Waals surface area contributed by atoms with Gasteiger partial charge < -0.3 is 20.7 Å². The molecule has 0 aliphatic carbocycles. The van der Waals surface area contributed by atoms with Gasteiger partial charge in [0.25, 0.3) is 0 Å². The maximum absolute atomic E-state index is 12.7. The van der Waals surface area contributed by atoms with E-state index in [2.05, 4.69) is 4.90 Å². The second-order valence-corrected chi connectivity index (χ2v) is 7.99. The van der Waals surface area contributed by atoms with Crippen molar-refractivity contribution in [2.24, 2.45) is 5.92 Å². The zero-order valence-electron chi connectivity index (χ0n) is 16.5. The van der Waals surface area contributed by atoms with E-state index < -0.39 is 0 Å². The molecule has 156 valence electrons. The molecule has 0 aromatic heterocycles. The van der Waals surface area contributed by atoms with E-state index in [0.717, 1.165) is 44.5 Å². The Kier molecular flexibility index (Phi) is 6.87. The van der Waals surface area contributed by atoms with Crippen molar-refractivity contribution in [3.8, 4) is 17.2 Å². The van der Waals surface area contributed by atoms with Crippen LogP contribution in [0.5, 0.6) is 17.2 Å². The molecule has 2 aromatic carbocycles. The standard InChI is InChI=1S/C22H27ClN2O4/c1-29-22-12-18(24)17(23)11-16(22)19(26)4-2-14-6-8-25(9-7-14)13-15-3-5-20(27)21(28)10-15/h3,5,10-12,14,27-28H,2,4,6-9,13,24H2,1H3. The minimum absolute atomic E-state index is 0.0192. The molecule has 3 rings (SSSR count). The van der Waals surface area contributed by atoms with Crippen LogP contribution in [0.15, 0.2) is 30.3 Å². The molecule has 1 saturated heterocycles. The highest BCUT2D eigenvalue weighted by molar-refractivity contribution is 6.33. The first kappa shape index (κ1) is 21.3. The summed E-state index contributed by atoms with van der Waals surface area (Å²) in [7, 11) is 1.52. The van der Waals surface area contributed by atoms with Crippen molar-refractivity contribution in [2.45, 2.75) is 32.2 Å². The van der Waals surface area contributed by atoms with Crippen molar-refractivity contribution >= 4 is 23.1 Å². The molecule has 1 heterocycles. The van der Waals surface area contributed by atoms with E-state index in [1.54, 1.807) is 18.2 Å². The average molecular weight is 419 g/mol. The summed E-state index contributed by atoms with van der Waals surface area (Å²) >= 11 is 6.07. The first-order valence-electron chi connectivity index (χ1n) is 9.76. The Morgan fingerprint density at radius 3 is 2.59 bits per heavy atom. The SMILES string of the molecule is COc1cc(N)c(Cl)cc1C(=O)CCC1CCN(Cc2ccc(O)c(O)c2)CC1. The summed E-state index contributed by atoms with van der Waals surface area (Å²) in [5, 5.41) is 19.4. The number of likely N-dealkylation sites (tertiary alicyclic amines) is 1. The summed E-state index contributed by atoms with van der Waals surface area (Å²) in [6.07, 6.45) is 3.33. The Morgan fingerprint density at radius 1 is 1.21 bits per heavy atom. The lowest BCUT2D eigenvalue weighted by atomic mass is 9.90. The molecule has 0 saturated carbocycles. The number of hydrogen-bond donors (Lipinski definition) is 3. The molecule has 0 radical (unpaired) electrons. The van der Waals surface area contributed by atoms with E-state index >= 15 is 0 Å². The molecule has 0 spiro atoms. The van der Waals surface area contributed by atoms with Gasteiger partial charge in [-0.3, -0.25) is 9.69 Å². The Balaban J connectivity index is 1.49. The first-order chi connectivity index (χ1) is 13.9. The molecular formula is C22H27ClN2O4. The number of nitrogen functional groups attached to an aromatic ring is 1. The third kappa shape index (κ3) is 5.34. The van der Waals surface area contributed by atoms with Crippen molar-refractivity contribution in [1.29, 1.82) is 0 Å². The fourth-order valence-electron chi connectivity index (χ4n) is 3.78. The summed E-state index contributed by atoms with van der Waals surface area (Å²) in [5.74, 6) is 0.790. The lowest BCUT2D eigenvalue weighted by Crippen LogP contribution is -2.33. The van der Waals surface area contributed by atoms with Crippen LogP contribution in [-0.4, -0.2) is 41.1 Å². The van der Waals surface area contributed by atoms with Crippen LogP contribution >= 0.6 is 11.6 Å². The number of nitrogens with zero attached hydrogens (tertiary/aromatic N) is 1. The van der Waals surface area contributed by atoms with Crippen LogP contribution in [0, 0.1) is 5.92 Å². The van der Waals surface area contributed by atoms with Crippen molar-refractivity contribution in [3.05, 3.63) is 46.5 Å². The Labute approximate surface area is 175 Å². The number of halogens is 1. The van der Waals surface area contributed by atoms with Gasteiger partial charge in [-0.05, 0) is 62.0 Å². The number of methoxy groups -OCH3 is 1. The number of hydrogen-bond acceptors (Lipinski definition) is 6. The van der Waals surface area contributed by atoms with Crippen LogP contribution in [-0.2, 0) is 6.54 Å². The van der Waals surface area contributed by atoms with Gasteiger partial charge in [0.15, 0.2) is 17.3 Å². The van der Waals surface area contributed by atoms with Gasteiger partial charge >= 0.3 is 0 Å². The molecule has 1 aliphatic rings. The first-order valence-corrected chi connectivity index (χ1v) is 10.1. The van der Waals surface area contributed by atoms with E-state index in [9.17, 15) is 15.0 Å². The van der Waals surface area contributed by atoms with Crippen LogP contribution in [0.4, 0.5) is 5.69 Å². The number of ketones is 1. The highest BCUT2D eigenvalue weighted by Gasteiger charge is 2.22. The molecule has 29 heavy (non-hydrogen) atoms. The highest BCUT2D eigenvalue weighted by atomic mass is 35.5. The normalized spacial score (nSPS) is 15.4. The number of piperidine rings is 1. The van der Waals surface area contributed by atoms with E-state index in [1.165, 1.54) is 13.2 Å². The van der Waals surface area contributed by atoms with Crippen molar-refractivity contribution < 1.29 is 19.7 Å². The molecule has 7 heteroatoms. The van der Waals surface area contributed by atoms with Gasteiger partial charge in [-0.2, -0.15) is 0 Å². The molecule has 0 atom stereocenters. The van der Waals surface area contributed by atoms with Crippen LogP contribution in [0.3, 0.4) is 0 Å². The number of aromatic hydroxyl groups is 2. The van der Waals surface area contributed by atoms with Gasteiger partial charge in [0.1, 0.15) is 5.75 Å². The molecule has 0 bridgehead atoms. The van der Waals surface area contributed by atoms with Crippen molar-refractivity contribution in [2.75, 3.05) is 25.9 Å². The van der Waals surface area contributed by atoms with Gasteiger partial charge in [-0.15, -0.1) is 0 Å². The number of anilines is 1. The Hall–Kier alpha value is -2.44. The van der Waals surface area contributed by atoms with Crippen LogP contribution in [0.2, 0.25) is 5.02 Å². The maximum Gasteiger partial charge on any atom is 0.166 e. The maximum atomic E-state index is 12.7. The Morgan fingerprint density at radius 2 is 1.93 bits per heavy atom. The molecule has 0 unspecified atom stereocenters. The number of carbonyl (C=O) groups excluding carboxylic acids is 1. The largest absolute Gasteiger partial charge is 0.504 e. The molecule has 1 aliphatic heterocycles. The highest BCUT2D eigenvalue weighted by Crippen LogP contribution is 2.31. The number of rotatable bonds is 7. The van der Waals surface area contributed by atoms with Gasteiger partial charge in [-0.1, -0.05) is 17.7 Å². The minimum Gasteiger partial charge on any atom is -0.504 e. The van der Waals surface area contributed by atoms with E-state index in [-0.39, 0.29) is 17.3 Å². The Bertz CT molecular complexity index is 879. The van der Waals surface area contributed by atoms with Crippen LogP contribution in [0.25, 0.3) is 0 Å². The average Bonchev–Trinajstić information content (AvgIpc) is 2.71. The van der Waals surface area contributed by atoms with Crippen molar-refractivity contribution in [3.63, 3.8) is 0 Å². The van der Waals surface area contributed by atoms with Gasteiger partial charge in [-0.25, -0.2) is 0 Å². The van der Waals surface area contributed by atoms with E-state index in [0.29, 0.717) is 34.4 Å². The lowest BCUT2D eigenvalue weighted by molar-refractivity contribution is 0.0958. The summed E-state index contributed by atoms with van der Waals surface area (Å²) < 4.78 is 5.28. The summed E-state index contributed by atoms with van der Waals surface area (Å²) in [4.78, 5) is 15.0. The number of phenolic OH excluding ortho intramolecular Hbond substituents is 2.